The summed E-state index contributed by atoms with van der Waals surface area (Å²) in [5.74, 6) is -1.06. The van der Waals surface area contributed by atoms with E-state index in [0.717, 1.165) is 0 Å². The van der Waals surface area contributed by atoms with Gasteiger partial charge in [0.2, 0.25) is 10.0 Å². The molecule has 8 heteroatoms. The van der Waals surface area contributed by atoms with Gasteiger partial charge in [-0.2, -0.15) is 0 Å². The van der Waals surface area contributed by atoms with E-state index in [2.05, 4.69) is 10.0 Å². The SMILES string of the molecule is COc1cccc(S(=O)(=O)N[C@H]2CNC[C@@H](C(=O)O)C2)c1. The molecule has 0 radical (unpaired) electrons. The standard InChI is InChI=1S/C13H18N2O5S/c1-20-11-3-2-4-12(6-11)21(18,19)15-10-5-9(13(16)17)7-14-8-10/h2-4,6,9-10,14-15H,5,7-8H2,1H3,(H,16,17)/t9-,10+/m0/s1. The van der Waals surface area contributed by atoms with Crippen molar-refractivity contribution < 1.29 is 23.1 Å². The van der Waals surface area contributed by atoms with Crippen LogP contribution in [0, 0.1) is 5.92 Å². The Balaban J connectivity index is 2.11. The number of carboxylic acid groups (broad SMARTS) is 1. The van der Waals surface area contributed by atoms with Crippen molar-refractivity contribution >= 4 is 16.0 Å². The van der Waals surface area contributed by atoms with E-state index in [1.54, 1.807) is 12.1 Å². The second kappa shape index (κ2) is 6.42. The van der Waals surface area contributed by atoms with Crippen molar-refractivity contribution in [3.63, 3.8) is 0 Å². The largest absolute Gasteiger partial charge is 0.497 e. The van der Waals surface area contributed by atoms with Crippen molar-refractivity contribution in [3.05, 3.63) is 24.3 Å². The Morgan fingerprint density at radius 1 is 1.43 bits per heavy atom. The fourth-order valence-electron chi connectivity index (χ4n) is 2.28. The fraction of sp³-hybridized carbons (Fsp3) is 0.462. The summed E-state index contributed by atoms with van der Waals surface area (Å²) in [6.07, 6.45) is 0.269. The monoisotopic (exact) mass is 314 g/mol. The van der Waals surface area contributed by atoms with Crippen LogP contribution in [0.15, 0.2) is 29.2 Å². The number of carboxylic acids is 1. The minimum absolute atomic E-state index is 0.0966. The van der Waals surface area contributed by atoms with Gasteiger partial charge in [0.1, 0.15) is 5.75 Å². The van der Waals surface area contributed by atoms with Crippen LogP contribution in [0.4, 0.5) is 0 Å². The number of ether oxygens (including phenoxy) is 1. The van der Waals surface area contributed by atoms with Gasteiger partial charge < -0.3 is 15.2 Å². The summed E-state index contributed by atoms with van der Waals surface area (Å²) in [4.78, 5) is 11.1. The Morgan fingerprint density at radius 2 is 2.19 bits per heavy atom. The molecule has 116 valence electrons. The van der Waals surface area contributed by atoms with E-state index in [4.69, 9.17) is 9.84 Å². The van der Waals surface area contributed by atoms with E-state index in [-0.39, 0.29) is 11.3 Å². The van der Waals surface area contributed by atoms with Crippen LogP contribution in [0.5, 0.6) is 5.75 Å². The number of benzene rings is 1. The van der Waals surface area contributed by atoms with E-state index >= 15 is 0 Å². The highest BCUT2D eigenvalue weighted by Gasteiger charge is 2.29. The second-order valence-electron chi connectivity index (χ2n) is 4.93. The number of aliphatic carboxylic acids is 1. The summed E-state index contributed by atoms with van der Waals surface area (Å²) in [6.45, 7) is 0.764. The first-order valence-electron chi connectivity index (χ1n) is 6.52. The van der Waals surface area contributed by atoms with Gasteiger partial charge in [-0.15, -0.1) is 0 Å². The smallest absolute Gasteiger partial charge is 0.307 e. The van der Waals surface area contributed by atoms with Gasteiger partial charge in [-0.25, -0.2) is 13.1 Å². The molecule has 1 aliphatic rings. The highest BCUT2D eigenvalue weighted by Crippen LogP contribution is 2.19. The first kappa shape index (κ1) is 15.7. The molecule has 0 unspecified atom stereocenters. The summed E-state index contributed by atoms with van der Waals surface area (Å²) in [5, 5.41) is 11.9. The molecule has 1 aromatic carbocycles. The molecule has 7 nitrogen and oxygen atoms in total. The molecule has 0 spiro atoms. The fourth-order valence-corrected chi connectivity index (χ4v) is 3.56. The van der Waals surface area contributed by atoms with E-state index in [0.29, 0.717) is 18.8 Å². The van der Waals surface area contributed by atoms with Gasteiger partial charge in [-0.1, -0.05) is 6.07 Å². The highest BCUT2D eigenvalue weighted by atomic mass is 32.2. The maximum absolute atomic E-state index is 12.3. The maximum atomic E-state index is 12.3. The molecule has 0 saturated carbocycles. The normalized spacial score (nSPS) is 22.7. The Bertz CT molecular complexity index is 617. The molecule has 0 aromatic heterocycles. The Hall–Kier alpha value is -1.64. The number of hydrogen-bond donors (Lipinski definition) is 3. The van der Waals surface area contributed by atoms with Crippen LogP contribution in [0.2, 0.25) is 0 Å². The zero-order valence-corrected chi connectivity index (χ0v) is 12.4. The lowest BCUT2D eigenvalue weighted by Crippen LogP contribution is -2.50. The lowest BCUT2D eigenvalue weighted by Gasteiger charge is -2.28. The van der Waals surface area contributed by atoms with Crippen LogP contribution < -0.4 is 14.8 Å². The number of sulfonamides is 1. The third kappa shape index (κ3) is 3.93. The van der Waals surface area contributed by atoms with E-state index < -0.39 is 28.0 Å². The quantitative estimate of drug-likeness (QED) is 0.708. The maximum Gasteiger partial charge on any atom is 0.307 e. The molecule has 1 fully saturated rings. The molecule has 1 heterocycles. The van der Waals surface area contributed by atoms with Crippen LogP contribution in [0.25, 0.3) is 0 Å². The van der Waals surface area contributed by atoms with Gasteiger partial charge >= 0.3 is 5.97 Å². The third-order valence-corrected chi connectivity index (χ3v) is 4.89. The van der Waals surface area contributed by atoms with Crippen LogP contribution in [0.3, 0.4) is 0 Å². The molecule has 2 atom stereocenters. The minimum Gasteiger partial charge on any atom is -0.497 e. The number of piperidine rings is 1. The Labute approximate surface area is 123 Å². The Kier molecular flexibility index (Phi) is 4.81. The summed E-state index contributed by atoms with van der Waals surface area (Å²) < 4.78 is 32.2. The average molecular weight is 314 g/mol. The summed E-state index contributed by atoms with van der Waals surface area (Å²) >= 11 is 0. The molecular weight excluding hydrogens is 296 g/mol. The average Bonchev–Trinajstić information content (AvgIpc) is 2.47. The predicted molar refractivity (Wildman–Crippen MR) is 75.7 cm³/mol. The topological polar surface area (TPSA) is 105 Å². The van der Waals surface area contributed by atoms with Crippen molar-refractivity contribution in [2.45, 2.75) is 17.4 Å². The number of rotatable bonds is 5. The van der Waals surface area contributed by atoms with E-state index in [1.807, 2.05) is 0 Å². The first-order valence-corrected chi connectivity index (χ1v) is 8.00. The van der Waals surface area contributed by atoms with Crippen molar-refractivity contribution in [2.75, 3.05) is 20.2 Å². The molecular formula is C13H18N2O5S. The molecule has 0 amide bonds. The number of nitrogens with one attached hydrogen (secondary N) is 2. The molecule has 1 saturated heterocycles. The van der Waals surface area contributed by atoms with E-state index in [9.17, 15) is 13.2 Å². The van der Waals surface area contributed by atoms with Crippen molar-refractivity contribution in [1.29, 1.82) is 0 Å². The van der Waals surface area contributed by atoms with Crippen LogP contribution >= 0.6 is 0 Å². The van der Waals surface area contributed by atoms with Gasteiger partial charge in [0.05, 0.1) is 17.9 Å². The predicted octanol–water partition coefficient (Wildman–Crippen LogP) is 0.0362. The van der Waals surface area contributed by atoms with Crippen molar-refractivity contribution in [1.82, 2.24) is 10.0 Å². The van der Waals surface area contributed by atoms with Gasteiger partial charge in [0.15, 0.2) is 0 Å². The van der Waals surface area contributed by atoms with Crippen LogP contribution in [0.1, 0.15) is 6.42 Å². The van der Waals surface area contributed by atoms with Gasteiger partial charge in [-0.05, 0) is 18.6 Å². The summed E-state index contributed by atoms with van der Waals surface area (Å²) in [7, 11) is -2.24. The zero-order chi connectivity index (χ0) is 15.5. The third-order valence-electron chi connectivity index (χ3n) is 3.37. The molecule has 3 N–H and O–H groups in total. The summed E-state index contributed by atoms with van der Waals surface area (Å²) in [5.41, 5.74) is 0. The molecule has 0 aliphatic carbocycles. The van der Waals surface area contributed by atoms with Crippen LogP contribution in [-0.4, -0.2) is 45.7 Å². The van der Waals surface area contributed by atoms with E-state index in [1.165, 1.54) is 19.2 Å². The Morgan fingerprint density at radius 3 is 2.86 bits per heavy atom. The first-order chi connectivity index (χ1) is 9.92. The van der Waals surface area contributed by atoms with Crippen molar-refractivity contribution in [2.24, 2.45) is 5.92 Å². The molecule has 1 aliphatic heterocycles. The number of methoxy groups -OCH3 is 1. The minimum atomic E-state index is -3.70. The lowest BCUT2D eigenvalue weighted by atomic mass is 9.97. The van der Waals surface area contributed by atoms with Gasteiger partial charge in [0, 0.05) is 25.2 Å². The van der Waals surface area contributed by atoms with Crippen LogP contribution in [-0.2, 0) is 14.8 Å². The highest BCUT2D eigenvalue weighted by molar-refractivity contribution is 7.89. The van der Waals surface area contributed by atoms with Gasteiger partial charge in [0.25, 0.3) is 0 Å². The molecule has 0 bridgehead atoms. The molecule has 2 rings (SSSR count). The summed E-state index contributed by atoms with van der Waals surface area (Å²) in [6, 6.07) is 5.69. The van der Waals surface area contributed by atoms with Crippen molar-refractivity contribution in [3.8, 4) is 5.75 Å². The van der Waals surface area contributed by atoms with Gasteiger partial charge in [-0.3, -0.25) is 4.79 Å². The number of carbonyl (C=O) groups is 1. The molecule has 1 aromatic rings. The molecule has 21 heavy (non-hydrogen) atoms. The second-order valence-corrected chi connectivity index (χ2v) is 6.64. The number of hydrogen-bond acceptors (Lipinski definition) is 5. The lowest BCUT2D eigenvalue weighted by molar-refractivity contribution is -0.142. The zero-order valence-electron chi connectivity index (χ0n) is 11.6.